The molecule has 2 aromatic carbocycles. The minimum absolute atomic E-state index is 0.296. The Morgan fingerprint density at radius 2 is 1.94 bits per heavy atom. The van der Waals surface area contributed by atoms with E-state index in [0.29, 0.717) is 6.61 Å². The summed E-state index contributed by atoms with van der Waals surface area (Å²) in [6.45, 7) is 0.296. The molecule has 0 aromatic heterocycles. The number of rotatable bonds is 3. The average molecular weight is 216 g/mol. The summed E-state index contributed by atoms with van der Waals surface area (Å²) in [5, 5.41) is 2.25. The topological polar surface area (TPSA) is 64.4 Å². The molecule has 0 fully saturated rings. The zero-order valence-electron chi connectivity index (χ0n) is 8.64. The van der Waals surface area contributed by atoms with Crippen molar-refractivity contribution in [3.8, 4) is 0 Å². The van der Waals surface area contributed by atoms with Crippen molar-refractivity contribution in [2.75, 3.05) is 0 Å². The van der Waals surface area contributed by atoms with Crippen LogP contribution in [0.5, 0.6) is 0 Å². The van der Waals surface area contributed by atoms with Crippen molar-refractivity contribution in [2.24, 2.45) is 5.73 Å². The minimum Gasteiger partial charge on any atom is -0.350 e. The second-order valence-corrected chi connectivity index (χ2v) is 3.39. The number of carbonyl (C=O) groups is 1. The van der Waals surface area contributed by atoms with E-state index in [4.69, 9.17) is 10.6 Å². The molecular weight excluding hydrogens is 204 g/mol. The number of nitrogens with one attached hydrogen (secondary N) is 1. The lowest BCUT2D eigenvalue weighted by Crippen LogP contribution is -2.29. The summed E-state index contributed by atoms with van der Waals surface area (Å²) in [5.74, 6) is 0. The summed E-state index contributed by atoms with van der Waals surface area (Å²) < 4.78 is 0. The smallest absolute Gasteiger partial charge is 0.336 e. The molecule has 4 heteroatoms. The van der Waals surface area contributed by atoms with E-state index >= 15 is 0 Å². The van der Waals surface area contributed by atoms with Crippen molar-refractivity contribution >= 4 is 16.8 Å². The molecule has 0 aliphatic carbocycles. The summed E-state index contributed by atoms with van der Waals surface area (Å²) in [4.78, 5) is 15.4. The zero-order valence-corrected chi connectivity index (χ0v) is 8.64. The molecule has 0 atom stereocenters. The van der Waals surface area contributed by atoms with Gasteiger partial charge in [0.2, 0.25) is 0 Å². The maximum absolute atomic E-state index is 10.4. The average Bonchev–Trinajstić information content (AvgIpc) is 2.29. The van der Waals surface area contributed by atoms with Crippen LogP contribution in [0.25, 0.3) is 10.8 Å². The molecule has 2 aromatic rings. The highest BCUT2D eigenvalue weighted by molar-refractivity contribution is 5.85. The summed E-state index contributed by atoms with van der Waals surface area (Å²) in [6.07, 6.45) is 0. The highest BCUT2D eigenvalue weighted by Gasteiger charge is 2.00. The third kappa shape index (κ3) is 2.29. The van der Waals surface area contributed by atoms with Crippen molar-refractivity contribution in [2.45, 2.75) is 6.61 Å². The molecule has 0 saturated carbocycles. The molecule has 3 N–H and O–H groups in total. The largest absolute Gasteiger partial charge is 0.350 e. The first-order valence-corrected chi connectivity index (χ1v) is 4.91. The minimum atomic E-state index is -0.694. The molecule has 0 aliphatic rings. The normalized spacial score (nSPS) is 10.2. The number of carbonyl (C=O) groups excluding carboxylic acids is 1. The van der Waals surface area contributed by atoms with Crippen molar-refractivity contribution in [1.29, 1.82) is 0 Å². The number of benzene rings is 2. The lowest BCUT2D eigenvalue weighted by Gasteiger charge is -2.06. The van der Waals surface area contributed by atoms with E-state index in [0.717, 1.165) is 16.3 Å². The van der Waals surface area contributed by atoms with Crippen molar-refractivity contribution < 1.29 is 9.63 Å². The molecule has 0 bridgehead atoms. The van der Waals surface area contributed by atoms with Gasteiger partial charge in [-0.1, -0.05) is 42.5 Å². The first kappa shape index (κ1) is 10.4. The maximum atomic E-state index is 10.4. The fourth-order valence-electron chi connectivity index (χ4n) is 1.60. The molecule has 0 unspecified atom stereocenters. The third-order valence-corrected chi connectivity index (χ3v) is 2.28. The van der Waals surface area contributed by atoms with Crippen LogP contribution in [0.3, 0.4) is 0 Å². The van der Waals surface area contributed by atoms with Crippen molar-refractivity contribution in [1.82, 2.24) is 5.48 Å². The number of urea groups is 1. The number of fused-ring (bicyclic) bond motifs is 1. The second kappa shape index (κ2) is 4.63. The molecule has 82 valence electrons. The van der Waals surface area contributed by atoms with Crippen LogP contribution in [0, 0.1) is 0 Å². The van der Waals surface area contributed by atoms with Crippen molar-refractivity contribution in [3.63, 3.8) is 0 Å². The Morgan fingerprint density at radius 1 is 1.19 bits per heavy atom. The van der Waals surface area contributed by atoms with Crippen molar-refractivity contribution in [3.05, 3.63) is 48.0 Å². The Bertz CT molecular complexity index is 506. The van der Waals surface area contributed by atoms with Gasteiger partial charge in [-0.2, -0.15) is 0 Å². The van der Waals surface area contributed by atoms with Gasteiger partial charge in [-0.25, -0.2) is 10.3 Å². The fourth-order valence-corrected chi connectivity index (χ4v) is 1.60. The van der Waals surface area contributed by atoms with E-state index in [1.807, 2.05) is 42.5 Å². The summed E-state index contributed by atoms with van der Waals surface area (Å²) in [5.41, 5.74) is 8.00. The third-order valence-electron chi connectivity index (χ3n) is 2.28. The highest BCUT2D eigenvalue weighted by atomic mass is 16.7. The maximum Gasteiger partial charge on any atom is 0.336 e. The van der Waals surface area contributed by atoms with Gasteiger partial charge in [-0.05, 0) is 16.3 Å². The van der Waals surface area contributed by atoms with Crippen LogP contribution in [0.1, 0.15) is 5.56 Å². The standard InChI is InChI=1S/C12H12N2O2/c13-12(15)14-16-8-10-6-3-5-9-4-1-2-7-11(9)10/h1-7H,8H2,(H3,13,14,15). The van der Waals surface area contributed by atoms with E-state index in [1.54, 1.807) is 0 Å². The van der Waals surface area contributed by atoms with Crippen LogP contribution in [-0.2, 0) is 11.4 Å². The molecule has 2 rings (SSSR count). The van der Waals surface area contributed by atoms with Gasteiger partial charge in [0, 0.05) is 0 Å². The predicted molar refractivity (Wildman–Crippen MR) is 61.5 cm³/mol. The van der Waals surface area contributed by atoms with Crippen LogP contribution < -0.4 is 11.2 Å². The first-order chi connectivity index (χ1) is 7.77. The molecule has 0 saturated heterocycles. The Hall–Kier alpha value is -2.07. The number of hydrogen-bond acceptors (Lipinski definition) is 2. The number of primary amides is 1. The van der Waals surface area contributed by atoms with Crippen LogP contribution in [-0.4, -0.2) is 6.03 Å². The monoisotopic (exact) mass is 216 g/mol. The van der Waals surface area contributed by atoms with E-state index in [-0.39, 0.29) is 0 Å². The number of amides is 2. The van der Waals surface area contributed by atoms with Crippen LogP contribution in [0.2, 0.25) is 0 Å². The molecule has 0 aliphatic heterocycles. The number of hydroxylamine groups is 1. The predicted octanol–water partition coefficient (Wildman–Crippen LogP) is 1.94. The van der Waals surface area contributed by atoms with Crippen LogP contribution in [0.15, 0.2) is 42.5 Å². The van der Waals surface area contributed by atoms with Gasteiger partial charge < -0.3 is 5.73 Å². The SMILES string of the molecule is NC(=O)NOCc1cccc2ccccc12. The Morgan fingerprint density at radius 3 is 2.75 bits per heavy atom. The zero-order chi connectivity index (χ0) is 11.4. The van der Waals surface area contributed by atoms with Gasteiger partial charge in [0.15, 0.2) is 0 Å². The van der Waals surface area contributed by atoms with Crippen LogP contribution in [0.4, 0.5) is 4.79 Å². The Labute approximate surface area is 93.0 Å². The Balaban J connectivity index is 2.20. The van der Waals surface area contributed by atoms with Gasteiger partial charge >= 0.3 is 6.03 Å². The van der Waals surface area contributed by atoms with E-state index in [9.17, 15) is 4.79 Å². The van der Waals surface area contributed by atoms with E-state index in [2.05, 4.69) is 5.48 Å². The summed E-state index contributed by atoms with van der Waals surface area (Å²) in [7, 11) is 0. The van der Waals surface area contributed by atoms with Gasteiger partial charge in [0.25, 0.3) is 0 Å². The molecule has 0 radical (unpaired) electrons. The Kier molecular flexibility index (Phi) is 3.03. The highest BCUT2D eigenvalue weighted by Crippen LogP contribution is 2.18. The first-order valence-electron chi connectivity index (χ1n) is 4.91. The van der Waals surface area contributed by atoms with Gasteiger partial charge in [-0.15, -0.1) is 0 Å². The molecule has 4 nitrogen and oxygen atoms in total. The second-order valence-electron chi connectivity index (χ2n) is 3.39. The number of hydrogen-bond donors (Lipinski definition) is 2. The molecule has 2 amide bonds. The number of nitrogens with two attached hydrogens (primary N) is 1. The quantitative estimate of drug-likeness (QED) is 0.770. The molecule has 0 heterocycles. The van der Waals surface area contributed by atoms with E-state index in [1.165, 1.54) is 0 Å². The van der Waals surface area contributed by atoms with Gasteiger partial charge in [-0.3, -0.25) is 4.84 Å². The molecular formula is C12H12N2O2. The fraction of sp³-hybridized carbons (Fsp3) is 0.0833. The van der Waals surface area contributed by atoms with E-state index < -0.39 is 6.03 Å². The molecule has 0 spiro atoms. The van der Waals surface area contributed by atoms with Crippen LogP contribution >= 0.6 is 0 Å². The lowest BCUT2D eigenvalue weighted by molar-refractivity contribution is 0.0527. The summed E-state index contributed by atoms with van der Waals surface area (Å²) in [6, 6.07) is 13.2. The van der Waals surface area contributed by atoms with Gasteiger partial charge in [0.1, 0.15) is 6.61 Å². The van der Waals surface area contributed by atoms with Gasteiger partial charge in [0.05, 0.1) is 0 Å². The molecule has 16 heavy (non-hydrogen) atoms. The lowest BCUT2D eigenvalue weighted by atomic mass is 10.1. The summed E-state index contributed by atoms with van der Waals surface area (Å²) >= 11 is 0.